The first kappa shape index (κ1) is 17.2. The minimum Gasteiger partial charge on any atom is -0.469 e. The van der Waals surface area contributed by atoms with Crippen molar-refractivity contribution in [2.45, 2.75) is 26.8 Å². The second-order valence-electron chi connectivity index (χ2n) is 4.60. The lowest BCUT2D eigenvalue weighted by molar-refractivity contribution is -0.140. The van der Waals surface area contributed by atoms with Gasteiger partial charge in [0.05, 0.1) is 25.8 Å². The number of hydrogen-bond acceptors (Lipinski definition) is 5. The van der Waals surface area contributed by atoms with Crippen LogP contribution < -0.4 is 0 Å². The molecule has 0 aliphatic rings. The molecule has 0 spiro atoms. The van der Waals surface area contributed by atoms with Gasteiger partial charge in [0.15, 0.2) is 0 Å². The van der Waals surface area contributed by atoms with Crippen molar-refractivity contribution in [1.29, 1.82) is 0 Å². The number of ether oxygens (including phenoxy) is 2. The molecule has 0 atom stereocenters. The van der Waals surface area contributed by atoms with Crippen molar-refractivity contribution < 1.29 is 19.1 Å². The summed E-state index contributed by atoms with van der Waals surface area (Å²) in [7, 11) is 2.91. The van der Waals surface area contributed by atoms with E-state index in [0.717, 1.165) is 5.69 Å². The van der Waals surface area contributed by atoms with Crippen LogP contribution in [0, 0.1) is 6.92 Å². The van der Waals surface area contributed by atoms with Crippen LogP contribution in [0.3, 0.4) is 0 Å². The summed E-state index contributed by atoms with van der Waals surface area (Å²) < 4.78 is 11.3. The first-order chi connectivity index (χ1) is 10.0. The Bertz CT molecular complexity index is 485. The number of carbonyl (C=O) groups is 2. The fraction of sp³-hybridized carbons (Fsp3) is 0.643. The number of methoxy groups -OCH3 is 2. The largest absolute Gasteiger partial charge is 0.469 e. The minimum absolute atomic E-state index is 0.154. The Kier molecular flexibility index (Phi) is 6.87. The van der Waals surface area contributed by atoms with Crippen molar-refractivity contribution >= 4 is 11.9 Å². The first-order valence-electron chi connectivity index (χ1n) is 6.93. The molecule has 0 bridgehead atoms. The van der Waals surface area contributed by atoms with E-state index in [1.54, 1.807) is 22.8 Å². The van der Waals surface area contributed by atoms with Gasteiger partial charge in [0.2, 0.25) is 0 Å². The molecule has 0 aliphatic heterocycles. The summed E-state index contributed by atoms with van der Waals surface area (Å²) in [5.41, 5.74) is 1.32. The molecular weight excluding hydrogens is 274 g/mol. The zero-order valence-electron chi connectivity index (χ0n) is 13.1. The zero-order chi connectivity index (χ0) is 15.8. The smallest absolute Gasteiger partial charge is 0.307 e. The second kappa shape index (κ2) is 8.41. The molecule has 0 unspecified atom stereocenters. The summed E-state index contributed by atoms with van der Waals surface area (Å²) in [5.74, 6) is -0.496. The Morgan fingerprint density at radius 3 is 2.62 bits per heavy atom. The third-order valence-corrected chi connectivity index (χ3v) is 3.09. The topological polar surface area (TPSA) is 73.7 Å². The maximum atomic E-state index is 12.6. The lowest BCUT2D eigenvalue weighted by Gasteiger charge is -2.22. The summed E-state index contributed by atoms with van der Waals surface area (Å²) in [4.78, 5) is 25.5. The number of esters is 1. The van der Waals surface area contributed by atoms with Crippen LogP contribution in [0.2, 0.25) is 0 Å². The number of carbonyl (C=O) groups excluding carboxylic acids is 2. The normalized spacial score (nSPS) is 10.5. The predicted octanol–water partition coefficient (Wildman–Crippen LogP) is 0.863. The van der Waals surface area contributed by atoms with Crippen LogP contribution in [-0.2, 0) is 20.8 Å². The van der Waals surface area contributed by atoms with Gasteiger partial charge < -0.3 is 14.4 Å². The number of amides is 1. The van der Waals surface area contributed by atoms with Gasteiger partial charge in [0.25, 0.3) is 5.91 Å². The molecule has 0 radical (unpaired) electrons. The molecule has 1 amide bonds. The van der Waals surface area contributed by atoms with Crippen molar-refractivity contribution in [2.24, 2.45) is 0 Å². The van der Waals surface area contributed by atoms with E-state index in [2.05, 4.69) is 9.84 Å². The highest BCUT2D eigenvalue weighted by Gasteiger charge is 2.21. The average molecular weight is 297 g/mol. The molecule has 7 heteroatoms. The lowest BCUT2D eigenvalue weighted by Crippen LogP contribution is -2.37. The number of rotatable bonds is 8. The summed E-state index contributed by atoms with van der Waals surface area (Å²) in [6.07, 6.45) is 0.158. The molecule has 1 heterocycles. The summed E-state index contributed by atoms with van der Waals surface area (Å²) >= 11 is 0. The maximum absolute atomic E-state index is 12.6. The molecule has 1 rings (SSSR count). The van der Waals surface area contributed by atoms with Crippen molar-refractivity contribution in [3.8, 4) is 0 Å². The highest BCUT2D eigenvalue weighted by atomic mass is 16.5. The molecule has 118 valence electrons. The van der Waals surface area contributed by atoms with E-state index in [4.69, 9.17) is 4.74 Å². The van der Waals surface area contributed by atoms with Crippen molar-refractivity contribution in [1.82, 2.24) is 14.7 Å². The quantitative estimate of drug-likeness (QED) is 0.665. The molecule has 0 saturated carbocycles. The number of nitrogens with zero attached hydrogens (tertiary/aromatic N) is 3. The van der Waals surface area contributed by atoms with Crippen molar-refractivity contribution in [3.05, 3.63) is 17.5 Å². The number of aryl methyl sites for hydroxylation is 2. The highest BCUT2D eigenvalue weighted by Crippen LogP contribution is 2.09. The van der Waals surface area contributed by atoms with Crippen molar-refractivity contribution in [3.63, 3.8) is 0 Å². The Hall–Kier alpha value is -1.89. The van der Waals surface area contributed by atoms with E-state index < -0.39 is 0 Å². The SMILES string of the molecule is CCn1nc(C)cc1C(=O)N(CCOC)CCC(=O)OC. The van der Waals surface area contributed by atoms with Gasteiger partial charge in [-0.1, -0.05) is 0 Å². The number of hydrogen-bond donors (Lipinski definition) is 0. The van der Waals surface area contributed by atoms with Crippen LogP contribution in [0.1, 0.15) is 29.5 Å². The van der Waals surface area contributed by atoms with Gasteiger partial charge in [-0.15, -0.1) is 0 Å². The fourth-order valence-electron chi connectivity index (χ4n) is 1.97. The fourth-order valence-corrected chi connectivity index (χ4v) is 1.97. The highest BCUT2D eigenvalue weighted by molar-refractivity contribution is 5.93. The van der Waals surface area contributed by atoms with Gasteiger partial charge in [-0.2, -0.15) is 5.10 Å². The van der Waals surface area contributed by atoms with E-state index >= 15 is 0 Å². The summed E-state index contributed by atoms with van der Waals surface area (Å²) in [5, 5.41) is 4.27. The molecule has 0 aromatic carbocycles. The van der Waals surface area contributed by atoms with Gasteiger partial charge in [0.1, 0.15) is 5.69 Å². The monoisotopic (exact) mass is 297 g/mol. The van der Waals surface area contributed by atoms with Crippen molar-refractivity contribution in [2.75, 3.05) is 33.9 Å². The molecular formula is C14H23N3O4. The van der Waals surface area contributed by atoms with Crippen LogP contribution >= 0.6 is 0 Å². The zero-order valence-corrected chi connectivity index (χ0v) is 13.1. The molecule has 21 heavy (non-hydrogen) atoms. The first-order valence-corrected chi connectivity index (χ1v) is 6.93. The Balaban J connectivity index is 2.84. The van der Waals surface area contributed by atoms with Gasteiger partial charge in [0, 0.05) is 26.7 Å². The van der Waals surface area contributed by atoms with Crippen LogP contribution in [0.25, 0.3) is 0 Å². The summed E-state index contributed by atoms with van der Waals surface area (Å²) in [6, 6.07) is 1.75. The van der Waals surface area contributed by atoms with E-state index in [1.165, 1.54) is 7.11 Å². The van der Waals surface area contributed by atoms with E-state index in [-0.39, 0.29) is 18.3 Å². The summed E-state index contributed by atoms with van der Waals surface area (Å²) in [6.45, 7) is 5.51. The van der Waals surface area contributed by atoms with E-state index in [1.807, 2.05) is 13.8 Å². The third kappa shape index (κ3) is 4.86. The Morgan fingerprint density at radius 1 is 1.33 bits per heavy atom. The van der Waals surface area contributed by atoms with Gasteiger partial charge >= 0.3 is 5.97 Å². The van der Waals surface area contributed by atoms with Crippen LogP contribution in [0.15, 0.2) is 6.07 Å². The minimum atomic E-state index is -0.342. The predicted molar refractivity (Wildman–Crippen MR) is 77.1 cm³/mol. The average Bonchev–Trinajstić information content (AvgIpc) is 2.87. The lowest BCUT2D eigenvalue weighted by atomic mass is 10.3. The Labute approximate surface area is 124 Å². The number of aromatic nitrogens is 2. The van der Waals surface area contributed by atoms with E-state index in [0.29, 0.717) is 31.9 Å². The third-order valence-electron chi connectivity index (χ3n) is 3.09. The molecule has 0 N–H and O–H groups in total. The van der Waals surface area contributed by atoms with Gasteiger partial charge in [-0.3, -0.25) is 14.3 Å². The standard InChI is InChI=1S/C14H23N3O4/c1-5-17-12(10-11(2)15-17)14(19)16(8-9-20-3)7-6-13(18)21-4/h10H,5-9H2,1-4H3. The molecule has 1 aromatic heterocycles. The van der Waals surface area contributed by atoms with Crippen LogP contribution in [-0.4, -0.2) is 60.5 Å². The van der Waals surface area contributed by atoms with Crippen LogP contribution in [0.5, 0.6) is 0 Å². The Morgan fingerprint density at radius 2 is 2.05 bits per heavy atom. The maximum Gasteiger partial charge on any atom is 0.307 e. The second-order valence-corrected chi connectivity index (χ2v) is 4.60. The van der Waals surface area contributed by atoms with Gasteiger partial charge in [-0.05, 0) is 19.9 Å². The van der Waals surface area contributed by atoms with Gasteiger partial charge in [-0.25, -0.2) is 0 Å². The molecule has 0 fully saturated rings. The molecule has 0 aliphatic carbocycles. The van der Waals surface area contributed by atoms with Crippen LogP contribution in [0.4, 0.5) is 0 Å². The molecule has 0 saturated heterocycles. The van der Waals surface area contributed by atoms with E-state index in [9.17, 15) is 9.59 Å². The molecule has 7 nitrogen and oxygen atoms in total. The molecule has 1 aromatic rings.